The van der Waals surface area contributed by atoms with Gasteiger partial charge in [0.05, 0.1) is 6.20 Å². The van der Waals surface area contributed by atoms with Crippen LogP contribution in [0.5, 0.6) is 0 Å². The second-order valence-corrected chi connectivity index (χ2v) is 5.05. The third kappa shape index (κ3) is 3.27. The van der Waals surface area contributed by atoms with Crippen LogP contribution < -0.4 is 0 Å². The quantitative estimate of drug-likeness (QED) is 0.860. The highest BCUT2D eigenvalue weighted by Gasteiger charge is 2.10. The van der Waals surface area contributed by atoms with E-state index < -0.39 is 5.97 Å². The van der Waals surface area contributed by atoms with E-state index in [2.05, 4.69) is 11.7 Å². The number of aryl methyl sites for hydroxylation is 2. The second kappa shape index (κ2) is 5.92. The molecule has 20 heavy (non-hydrogen) atoms. The van der Waals surface area contributed by atoms with Crippen molar-refractivity contribution in [2.45, 2.75) is 12.8 Å². The van der Waals surface area contributed by atoms with Crippen molar-refractivity contribution in [3.8, 4) is 11.1 Å². The van der Waals surface area contributed by atoms with Crippen LogP contribution in [0.1, 0.15) is 12.0 Å². The number of hydrogen-bond donors (Lipinski definition) is 1. The summed E-state index contributed by atoms with van der Waals surface area (Å²) >= 11 is 6.05. The number of carboxylic acid groups (broad SMARTS) is 1. The third-order valence-corrected chi connectivity index (χ3v) is 3.32. The molecule has 0 atom stereocenters. The standard InChI is InChI=1S/C15H15ClN2O2/c1-10(15(19)20)3-4-11-5-6-13(16)7-14(11)12-8-17-18(2)9-12/h5-9H,1,3-4H2,2H3,(H,19,20). The van der Waals surface area contributed by atoms with Crippen LogP contribution in [0.25, 0.3) is 11.1 Å². The van der Waals surface area contributed by atoms with Crippen LogP contribution in [0.2, 0.25) is 5.02 Å². The molecule has 1 aromatic carbocycles. The molecular formula is C15H15ClN2O2. The predicted molar refractivity (Wildman–Crippen MR) is 78.8 cm³/mol. The van der Waals surface area contributed by atoms with E-state index in [1.54, 1.807) is 16.9 Å². The first-order valence-corrected chi connectivity index (χ1v) is 6.53. The molecule has 0 saturated carbocycles. The Labute approximate surface area is 122 Å². The maximum absolute atomic E-state index is 10.8. The van der Waals surface area contributed by atoms with Gasteiger partial charge in [0.2, 0.25) is 0 Å². The number of hydrogen-bond acceptors (Lipinski definition) is 2. The maximum atomic E-state index is 10.8. The minimum absolute atomic E-state index is 0.206. The minimum atomic E-state index is -0.957. The molecule has 2 rings (SSSR count). The van der Waals surface area contributed by atoms with Gasteiger partial charge in [-0.15, -0.1) is 0 Å². The van der Waals surface area contributed by atoms with Crippen LogP contribution in [0.15, 0.2) is 42.7 Å². The highest BCUT2D eigenvalue weighted by molar-refractivity contribution is 6.30. The number of halogens is 1. The molecule has 0 radical (unpaired) electrons. The Bertz CT molecular complexity index is 662. The van der Waals surface area contributed by atoms with Crippen LogP contribution >= 0.6 is 11.6 Å². The first kappa shape index (κ1) is 14.3. The SMILES string of the molecule is C=C(CCc1ccc(Cl)cc1-c1cnn(C)c1)C(=O)O. The Morgan fingerprint density at radius 1 is 1.50 bits per heavy atom. The van der Waals surface area contributed by atoms with E-state index in [4.69, 9.17) is 16.7 Å². The lowest BCUT2D eigenvalue weighted by molar-refractivity contribution is -0.132. The average Bonchev–Trinajstić information content (AvgIpc) is 2.83. The molecule has 2 aromatic rings. The first-order valence-electron chi connectivity index (χ1n) is 6.16. The van der Waals surface area contributed by atoms with Crippen molar-refractivity contribution in [3.05, 3.63) is 53.3 Å². The van der Waals surface area contributed by atoms with Crippen LogP contribution in [-0.2, 0) is 18.3 Å². The minimum Gasteiger partial charge on any atom is -0.478 e. The number of aliphatic carboxylic acids is 1. The largest absolute Gasteiger partial charge is 0.478 e. The number of aromatic nitrogens is 2. The molecular weight excluding hydrogens is 276 g/mol. The fourth-order valence-electron chi connectivity index (χ4n) is 1.99. The van der Waals surface area contributed by atoms with Crippen molar-refractivity contribution >= 4 is 17.6 Å². The molecule has 0 amide bonds. The van der Waals surface area contributed by atoms with E-state index in [-0.39, 0.29) is 5.57 Å². The van der Waals surface area contributed by atoms with Crippen molar-refractivity contribution in [2.24, 2.45) is 7.05 Å². The van der Waals surface area contributed by atoms with Crippen LogP contribution in [-0.4, -0.2) is 20.9 Å². The topological polar surface area (TPSA) is 55.1 Å². The van der Waals surface area contributed by atoms with E-state index in [9.17, 15) is 4.79 Å². The monoisotopic (exact) mass is 290 g/mol. The van der Waals surface area contributed by atoms with E-state index in [1.807, 2.05) is 25.4 Å². The van der Waals surface area contributed by atoms with Gasteiger partial charge in [-0.2, -0.15) is 5.10 Å². The van der Waals surface area contributed by atoms with Gasteiger partial charge in [0.1, 0.15) is 0 Å². The van der Waals surface area contributed by atoms with Gasteiger partial charge < -0.3 is 5.11 Å². The molecule has 0 spiro atoms. The van der Waals surface area contributed by atoms with Gasteiger partial charge in [0.25, 0.3) is 0 Å². The smallest absolute Gasteiger partial charge is 0.330 e. The number of nitrogens with zero attached hydrogens (tertiary/aromatic N) is 2. The summed E-state index contributed by atoms with van der Waals surface area (Å²) in [5, 5.41) is 13.7. The number of rotatable bonds is 5. The highest BCUT2D eigenvalue weighted by atomic mass is 35.5. The summed E-state index contributed by atoms with van der Waals surface area (Å²) in [5.41, 5.74) is 3.18. The van der Waals surface area contributed by atoms with E-state index in [0.29, 0.717) is 17.9 Å². The Kier molecular flexibility index (Phi) is 4.25. The van der Waals surface area contributed by atoms with Gasteiger partial charge in [-0.05, 0) is 36.1 Å². The summed E-state index contributed by atoms with van der Waals surface area (Å²) in [4.78, 5) is 10.8. The zero-order chi connectivity index (χ0) is 14.7. The van der Waals surface area contributed by atoms with Gasteiger partial charge in [-0.25, -0.2) is 4.79 Å². The summed E-state index contributed by atoms with van der Waals surface area (Å²) in [6.45, 7) is 3.55. The lowest BCUT2D eigenvalue weighted by Crippen LogP contribution is -2.01. The molecule has 104 valence electrons. The summed E-state index contributed by atoms with van der Waals surface area (Å²) < 4.78 is 1.72. The summed E-state index contributed by atoms with van der Waals surface area (Å²) in [7, 11) is 1.85. The number of carbonyl (C=O) groups is 1. The molecule has 0 aliphatic heterocycles. The Morgan fingerprint density at radius 3 is 2.85 bits per heavy atom. The van der Waals surface area contributed by atoms with Gasteiger partial charge in [0.15, 0.2) is 0 Å². The number of benzene rings is 1. The summed E-state index contributed by atoms with van der Waals surface area (Å²) in [6, 6.07) is 5.59. The third-order valence-electron chi connectivity index (χ3n) is 3.09. The summed E-state index contributed by atoms with van der Waals surface area (Å²) in [6.07, 6.45) is 4.68. The van der Waals surface area contributed by atoms with Gasteiger partial charge in [-0.3, -0.25) is 4.68 Å². The van der Waals surface area contributed by atoms with Crippen molar-refractivity contribution in [2.75, 3.05) is 0 Å². The molecule has 1 aromatic heterocycles. The van der Waals surface area contributed by atoms with E-state index in [1.165, 1.54) is 0 Å². The Morgan fingerprint density at radius 2 is 2.25 bits per heavy atom. The zero-order valence-electron chi connectivity index (χ0n) is 11.1. The van der Waals surface area contributed by atoms with Crippen LogP contribution in [0.4, 0.5) is 0 Å². The van der Waals surface area contributed by atoms with Crippen molar-refractivity contribution in [3.63, 3.8) is 0 Å². The van der Waals surface area contributed by atoms with E-state index >= 15 is 0 Å². The van der Waals surface area contributed by atoms with Gasteiger partial charge >= 0.3 is 5.97 Å². The Hall–Kier alpha value is -2.07. The highest BCUT2D eigenvalue weighted by Crippen LogP contribution is 2.28. The molecule has 4 nitrogen and oxygen atoms in total. The molecule has 0 saturated heterocycles. The molecule has 0 aliphatic rings. The second-order valence-electron chi connectivity index (χ2n) is 4.61. The Balaban J connectivity index is 2.29. The molecule has 1 heterocycles. The molecule has 0 unspecified atom stereocenters. The number of carboxylic acids is 1. The van der Waals surface area contributed by atoms with Crippen LogP contribution in [0, 0.1) is 0 Å². The molecule has 5 heteroatoms. The van der Waals surface area contributed by atoms with E-state index in [0.717, 1.165) is 16.7 Å². The average molecular weight is 291 g/mol. The van der Waals surface area contributed by atoms with Crippen molar-refractivity contribution in [1.29, 1.82) is 0 Å². The van der Waals surface area contributed by atoms with Crippen molar-refractivity contribution in [1.82, 2.24) is 9.78 Å². The summed E-state index contributed by atoms with van der Waals surface area (Å²) in [5.74, 6) is -0.957. The van der Waals surface area contributed by atoms with Crippen molar-refractivity contribution < 1.29 is 9.90 Å². The molecule has 0 fully saturated rings. The fourth-order valence-corrected chi connectivity index (χ4v) is 2.16. The first-order chi connectivity index (χ1) is 9.47. The molecule has 0 aliphatic carbocycles. The molecule has 1 N–H and O–H groups in total. The lowest BCUT2D eigenvalue weighted by atomic mass is 9.97. The molecule has 0 bridgehead atoms. The predicted octanol–water partition coefficient (Wildman–Crippen LogP) is 3.31. The zero-order valence-corrected chi connectivity index (χ0v) is 11.9. The lowest BCUT2D eigenvalue weighted by Gasteiger charge is -2.09. The van der Waals surface area contributed by atoms with Gasteiger partial charge in [-0.1, -0.05) is 24.2 Å². The normalized spacial score (nSPS) is 10.5. The van der Waals surface area contributed by atoms with Gasteiger partial charge in [0, 0.05) is 29.4 Å². The maximum Gasteiger partial charge on any atom is 0.330 e. The fraction of sp³-hybridized carbons (Fsp3) is 0.200. The van der Waals surface area contributed by atoms with Crippen LogP contribution in [0.3, 0.4) is 0 Å².